The Balaban J connectivity index is 2.55. The lowest BCUT2D eigenvalue weighted by molar-refractivity contribution is 0.0599. The van der Waals surface area contributed by atoms with Gasteiger partial charge in [-0.15, -0.1) is 0 Å². The summed E-state index contributed by atoms with van der Waals surface area (Å²) >= 11 is 0. The molecule has 1 saturated carbocycles. The number of nitrogens with zero attached hydrogens (tertiary/aromatic N) is 1. The molecule has 1 aromatic rings. The molecule has 3 nitrogen and oxygen atoms in total. The lowest BCUT2D eigenvalue weighted by Gasteiger charge is -2.09. The van der Waals surface area contributed by atoms with Crippen molar-refractivity contribution >= 4 is 5.97 Å². The third-order valence-corrected chi connectivity index (χ3v) is 2.94. The van der Waals surface area contributed by atoms with Gasteiger partial charge in [0.2, 0.25) is 0 Å². The number of esters is 1. The second-order valence-corrected chi connectivity index (χ2v) is 4.13. The van der Waals surface area contributed by atoms with Crippen molar-refractivity contribution in [2.24, 2.45) is 0 Å². The molecule has 82 valence electrons. The molecule has 2 rings (SSSR count). The van der Waals surface area contributed by atoms with E-state index in [-0.39, 0.29) is 5.97 Å². The van der Waals surface area contributed by atoms with Gasteiger partial charge in [0.25, 0.3) is 0 Å². The minimum Gasteiger partial charge on any atom is -0.465 e. The van der Waals surface area contributed by atoms with Crippen LogP contribution in [0.4, 0.5) is 0 Å². The van der Waals surface area contributed by atoms with Crippen molar-refractivity contribution in [1.29, 1.82) is 5.26 Å². The molecule has 0 aliphatic heterocycles. The molecule has 1 aliphatic rings. The highest BCUT2D eigenvalue weighted by Gasteiger charge is 2.29. The summed E-state index contributed by atoms with van der Waals surface area (Å²) in [4.78, 5) is 11.6. The van der Waals surface area contributed by atoms with Crippen LogP contribution in [0.15, 0.2) is 12.1 Å². The van der Waals surface area contributed by atoms with Crippen LogP contribution in [-0.4, -0.2) is 13.1 Å². The topological polar surface area (TPSA) is 50.1 Å². The average molecular weight is 215 g/mol. The molecule has 0 saturated heterocycles. The quantitative estimate of drug-likeness (QED) is 0.712. The maximum Gasteiger partial charge on any atom is 0.338 e. The summed E-state index contributed by atoms with van der Waals surface area (Å²) in [6, 6.07) is 5.69. The van der Waals surface area contributed by atoms with Crippen LogP contribution in [0, 0.1) is 18.3 Å². The second kappa shape index (κ2) is 3.97. The molecule has 1 aromatic carbocycles. The molecule has 1 fully saturated rings. The molecule has 3 heteroatoms. The molecule has 0 bridgehead atoms. The van der Waals surface area contributed by atoms with E-state index in [2.05, 4.69) is 6.07 Å². The van der Waals surface area contributed by atoms with Crippen molar-refractivity contribution < 1.29 is 9.53 Å². The number of nitriles is 1. The summed E-state index contributed by atoms with van der Waals surface area (Å²) in [6.07, 6.45) is 2.24. The van der Waals surface area contributed by atoms with Gasteiger partial charge in [0.1, 0.15) is 0 Å². The Bertz CT molecular complexity index is 481. The molecule has 0 aromatic heterocycles. The predicted molar refractivity (Wildman–Crippen MR) is 59.2 cm³/mol. The summed E-state index contributed by atoms with van der Waals surface area (Å²) < 4.78 is 4.75. The van der Waals surface area contributed by atoms with Crippen molar-refractivity contribution in [2.45, 2.75) is 25.7 Å². The fourth-order valence-corrected chi connectivity index (χ4v) is 1.87. The van der Waals surface area contributed by atoms with Gasteiger partial charge in [-0.3, -0.25) is 0 Å². The summed E-state index contributed by atoms with van der Waals surface area (Å²) in [7, 11) is 1.37. The van der Waals surface area contributed by atoms with Gasteiger partial charge in [0.15, 0.2) is 0 Å². The summed E-state index contributed by atoms with van der Waals surface area (Å²) in [5.41, 5.74) is 3.05. The average Bonchev–Trinajstić information content (AvgIpc) is 3.11. The zero-order chi connectivity index (χ0) is 11.7. The van der Waals surface area contributed by atoms with E-state index >= 15 is 0 Å². The van der Waals surface area contributed by atoms with Crippen molar-refractivity contribution in [3.8, 4) is 6.07 Å². The molecular formula is C13H13NO2. The van der Waals surface area contributed by atoms with Crippen LogP contribution >= 0.6 is 0 Å². The van der Waals surface area contributed by atoms with Crippen LogP contribution in [0.1, 0.15) is 45.8 Å². The Hall–Kier alpha value is -1.82. The summed E-state index contributed by atoms with van der Waals surface area (Å²) in [5, 5.41) is 8.94. The van der Waals surface area contributed by atoms with E-state index in [1.165, 1.54) is 7.11 Å². The number of hydrogen-bond acceptors (Lipinski definition) is 3. The first kappa shape index (κ1) is 10.7. The highest BCUT2D eigenvalue weighted by atomic mass is 16.5. The van der Waals surface area contributed by atoms with E-state index in [4.69, 9.17) is 10.00 Å². The van der Waals surface area contributed by atoms with Gasteiger partial charge in [-0.1, -0.05) is 6.07 Å². The Labute approximate surface area is 94.6 Å². The molecule has 1 aliphatic carbocycles. The zero-order valence-corrected chi connectivity index (χ0v) is 9.41. The normalized spacial score (nSPS) is 14.3. The molecule has 0 unspecified atom stereocenters. The number of rotatable bonds is 2. The SMILES string of the molecule is COC(=O)c1cc(C#N)c(C)cc1C1CC1. The van der Waals surface area contributed by atoms with Gasteiger partial charge in [-0.05, 0) is 42.9 Å². The van der Waals surface area contributed by atoms with Crippen molar-refractivity contribution in [2.75, 3.05) is 7.11 Å². The zero-order valence-electron chi connectivity index (χ0n) is 9.41. The first-order valence-electron chi connectivity index (χ1n) is 5.30. The fraction of sp³-hybridized carbons (Fsp3) is 0.385. The monoisotopic (exact) mass is 215 g/mol. The Morgan fingerprint density at radius 1 is 1.50 bits per heavy atom. The second-order valence-electron chi connectivity index (χ2n) is 4.13. The van der Waals surface area contributed by atoms with E-state index in [0.29, 0.717) is 17.0 Å². The molecular weight excluding hydrogens is 202 g/mol. The van der Waals surface area contributed by atoms with E-state index < -0.39 is 0 Å². The number of benzene rings is 1. The van der Waals surface area contributed by atoms with Gasteiger partial charge in [-0.25, -0.2) is 4.79 Å². The number of methoxy groups -OCH3 is 1. The number of ether oxygens (including phenoxy) is 1. The lowest BCUT2D eigenvalue weighted by Crippen LogP contribution is -2.06. The first-order chi connectivity index (χ1) is 7.67. The Morgan fingerprint density at radius 3 is 2.69 bits per heavy atom. The van der Waals surface area contributed by atoms with Crippen LogP contribution in [0.25, 0.3) is 0 Å². The lowest BCUT2D eigenvalue weighted by atomic mass is 9.97. The molecule has 0 heterocycles. The molecule has 0 radical (unpaired) electrons. The van der Waals surface area contributed by atoms with Gasteiger partial charge in [0.05, 0.1) is 24.3 Å². The molecule has 16 heavy (non-hydrogen) atoms. The van der Waals surface area contributed by atoms with Gasteiger partial charge in [0, 0.05) is 0 Å². The number of carbonyl (C=O) groups excluding carboxylic acids is 1. The predicted octanol–water partition coefficient (Wildman–Crippen LogP) is 2.53. The van der Waals surface area contributed by atoms with Crippen molar-refractivity contribution in [3.05, 3.63) is 34.4 Å². The number of hydrogen-bond donors (Lipinski definition) is 0. The molecule has 0 amide bonds. The highest BCUT2D eigenvalue weighted by Crippen LogP contribution is 2.42. The van der Waals surface area contributed by atoms with Crippen molar-refractivity contribution in [1.82, 2.24) is 0 Å². The molecule has 0 atom stereocenters. The largest absolute Gasteiger partial charge is 0.465 e. The van der Waals surface area contributed by atoms with E-state index in [9.17, 15) is 4.79 Å². The van der Waals surface area contributed by atoms with E-state index in [0.717, 1.165) is 24.0 Å². The van der Waals surface area contributed by atoms with Crippen LogP contribution in [0.2, 0.25) is 0 Å². The first-order valence-corrected chi connectivity index (χ1v) is 5.30. The molecule has 0 N–H and O–H groups in total. The minimum atomic E-state index is -0.349. The third-order valence-electron chi connectivity index (χ3n) is 2.94. The van der Waals surface area contributed by atoms with Crippen LogP contribution < -0.4 is 0 Å². The fourth-order valence-electron chi connectivity index (χ4n) is 1.87. The summed E-state index contributed by atoms with van der Waals surface area (Å²) in [6.45, 7) is 1.89. The van der Waals surface area contributed by atoms with Crippen LogP contribution in [0.3, 0.4) is 0 Å². The smallest absolute Gasteiger partial charge is 0.338 e. The summed E-state index contributed by atoms with van der Waals surface area (Å²) in [5.74, 6) is 0.124. The Morgan fingerprint density at radius 2 is 2.19 bits per heavy atom. The van der Waals surface area contributed by atoms with Gasteiger partial charge < -0.3 is 4.74 Å². The number of carbonyl (C=O) groups is 1. The van der Waals surface area contributed by atoms with Crippen molar-refractivity contribution in [3.63, 3.8) is 0 Å². The maximum atomic E-state index is 11.6. The minimum absolute atomic E-state index is 0.349. The highest BCUT2D eigenvalue weighted by molar-refractivity contribution is 5.92. The van der Waals surface area contributed by atoms with Crippen LogP contribution in [0.5, 0.6) is 0 Å². The van der Waals surface area contributed by atoms with Gasteiger partial charge in [-0.2, -0.15) is 5.26 Å². The third kappa shape index (κ3) is 1.79. The van der Waals surface area contributed by atoms with E-state index in [1.807, 2.05) is 13.0 Å². The molecule has 0 spiro atoms. The van der Waals surface area contributed by atoms with Gasteiger partial charge >= 0.3 is 5.97 Å². The standard InChI is InChI=1S/C13H13NO2/c1-8-5-11(9-3-4-9)12(13(15)16-2)6-10(8)7-14/h5-6,9H,3-4H2,1-2H3. The maximum absolute atomic E-state index is 11.6. The van der Waals surface area contributed by atoms with E-state index in [1.54, 1.807) is 6.07 Å². The van der Waals surface area contributed by atoms with Crippen LogP contribution in [-0.2, 0) is 4.74 Å². The number of aryl methyl sites for hydroxylation is 1. The Kier molecular flexibility index (Phi) is 2.66.